The highest BCUT2D eigenvalue weighted by molar-refractivity contribution is 7.09. The molecule has 1 fully saturated rings. The number of nitrogens with one attached hydrogen (secondary N) is 3. The van der Waals surface area contributed by atoms with E-state index in [1.165, 1.54) is 9.78 Å². The van der Waals surface area contributed by atoms with Crippen molar-refractivity contribution >= 4 is 22.9 Å². The lowest BCUT2D eigenvalue weighted by Gasteiger charge is -2.29. The predicted octanol–water partition coefficient (Wildman–Crippen LogP) is -0.321. The van der Waals surface area contributed by atoms with Gasteiger partial charge in [0.25, 0.3) is 5.91 Å². The summed E-state index contributed by atoms with van der Waals surface area (Å²) < 4.78 is 5.28. The standard InChI is InChI=1S/C18H23N3O2S/c1-23-17-7-3-2-6-16(17)19-18(22)14-21-10-8-20(9-11-21)13-15-5-4-12-24-15/h2-7,12H,8-11,13-14H2,1H3,(H,19,22)/p+2. The molecule has 3 N–H and O–H groups in total. The number of hydrogen-bond donors (Lipinski definition) is 3. The van der Waals surface area contributed by atoms with Gasteiger partial charge < -0.3 is 19.9 Å². The summed E-state index contributed by atoms with van der Waals surface area (Å²) in [4.78, 5) is 16.7. The van der Waals surface area contributed by atoms with Crippen LogP contribution in [0.2, 0.25) is 0 Å². The number of ether oxygens (including phenoxy) is 1. The maximum Gasteiger partial charge on any atom is 0.279 e. The van der Waals surface area contributed by atoms with Crippen LogP contribution in [0.1, 0.15) is 4.88 Å². The zero-order valence-electron chi connectivity index (χ0n) is 14.0. The van der Waals surface area contributed by atoms with E-state index in [2.05, 4.69) is 22.8 Å². The van der Waals surface area contributed by atoms with Crippen LogP contribution in [0.3, 0.4) is 0 Å². The fourth-order valence-electron chi connectivity index (χ4n) is 3.14. The molecule has 2 aromatic rings. The minimum absolute atomic E-state index is 0.0520. The van der Waals surface area contributed by atoms with Crippen LogP contribution in [0, 0.1) is 0 Å². The molecule has 24 heavy (non-hydrogen) atoms. The van der Waals surface area contributed by atoms with Crippen LogP contribution in [0.15, 0.2) is 41.8 Å². The first-order chi connectivity index (χ1) is 11.7. The molecular formula is C18H25N3O2S+2. The first-order valence-electron chi connectivity index (χ1n) is 8.37. The number of methoxy groups -OCH3 is 1. The van der Waals surface area contributed by atoms with Crippen molar-refractivity contribution in [1.29, 1.82) is 0 Å². The van der Waals surface area contributed by atoms with Crippen molar-refractivity contribution in [3.63, 3.8) is 0 Å². The zero-order chi connectivity index (χ0) is 16.8. The Hall–Kier alpha value is -1.89. The molecule has 0 spiro atoms. The molecule has 3 rings (SSSR count). The third-order valence-corrected chi connectivity index (χ3v) is 5.34. The number of piperazine rings is 1. The Morgan fingerprint density at radius 2 is 1.88 bits per heavy atom. The summed E-state index contributed by atoms with van der Waals surface area (Å²) in [6.07, 6.45) is 0. The molecule has 0 unspecified atom stereocenters. The molecule has 128 valence electrons. The molecule has 1 saturated heterocycles. The third kappa shape index (κ3) is 4.56. The Bertz CT molecular complexity index is 652. The van der Waals surface area contributed by atoms with E-state index in [0.717, 1.165) is 38.4 Å². The lowest BCUT2D eigenvalue weighted by molar-refractivity contribution is -1.01. The van der Waals surface area contributed by atoms with Gasteiger partial charge in [0.1, 0.15) is 38.5 Å². The van der Waals surface area contributed by atoms with Crippen molar-refractivity contribution in [2.24, 2.45) is 0 Å². The number of carbonyl (C=O) groups excluding carboxylic acids is 1. The largest absolute Gasteiger partial charge is 0.495 e. The van der Waals surface area contributed by atoms with Gasteiger partial charge in [-0.05, 0) is 23.6 Å². The van der Waals surface area contributed by atoms with Gasteiger partial charge in [-0.2, -0.15) is 0 Å². The van der Waals surface area contributed by atoms with E-state index in [0.29, 0.717) is 12.3 Å². The third-order valence-electron chi connectivity index (χ3n) is 4.46. The Balaban J connectivity index is 1.44. The van der Waals surface area contributed by atoms with Crippen LogP contribution in [-0.4, -0.2) is 45.7 Å². The highest BCUT2D eigenvalue weighted by Crippen LogP contribution is 2.22. The smallest absolute Gasteiger partial charge is 0.279 e. The van der Waals surface area contributed by atoms with Crippen molar-refractivity contribution in [3.05, 3.63) is 46.7 Å². The summed E-state index contributed by atoms with van der Waals surface area (Å²) in [6.45, 7) is 5.95. The van der Waals surface area contributed by atoms with Crippen LogP contribution >= 0.6 is 11.3 Å². The molecule has 0 atom stereocenters. The fourth-order valence-corrected chi connectivity index (χ4v) is 3.92. The van der Waals surface area contributed by atoms with E-state index in [-0.39, 0.29) is 5.91 Å². The summed E-state index contributed by atoms with van der Waals surface area (Å²) in [6, 6.07) is 11.8. The van der Waals surface area contributed by atoms with Crippen molar-refractivity contribution in [3.8, 4) is 5.75 Å². The highest BCUT2D eigenvalue weighted by atomic mass is 32.1. The number of anilines is 1. The molecule has 0 saturated carbocycles. The molecule has 1 aliphatic heterocycles. The number of quaternary nitrogens is 2. The maximum absolute atomic E-state index is 12.3. The molecule has 6 heteroatoms. The van der Waals surface area contributed by atoms with E-state index in [1.807, 2.05) is 35.6 Å². The topological polar surface area (TPSA) is 47.2 Å². The van der Waals surface area contributed by atoms with Gasteiger partial charge in [0.05, 0.1) is 17.7 Å². The lowest BCUT2D eigenvalue weighted by atomic mass is 10.2. The van der Waals surface area contributed by atoms with E-state index in [4.69, 9.17) is 4.74 Å². The summed E-state index contributed by atoms with van der Waals surface area (Å²) >= 11 is 1.83. The van der Waals surface area contributed by atoms with Crippen molar-refractivity contribution in [2.75, 3.05) is 45.2 Å². The second-order valence-corrected chi connectivity index (χ2v) is 7.21. The first-order valence-corrected chi connectivity index (χ1v) is 9.25. The number of amides is 1. The average molecular weight is 347 g/mol. The van der Waals surface area contributed by atoms with Crippen LogP contribution < -0.4 is 19.9 Å². The zero-order valence-corrected chi connectivity index (χ0v) is 14.8. The van der Waals surface area contributed by atoms with Gasteiger partial charge in [-0.1, -0.05) is 18.2 Å². The van der Waals surface area contributed by atoms with Gasteiger partial charge in [0.15, 0.2) is 6.54 Å². The normalized spacial score (nSPS) is 20.5. The van der Waals surface area contributed by atoms with E-state index >= 15 is 0 Å². The van der Waals surface area contributed by atoms with Gasteiger partial charge >= 0.3 is 0 Å². The Morgan fingerprint density at radius 1 is 1.12 bits per heavy atom. The van der Waals surface area contributed by atoms with Crippen molar-refractivity contribution in [1.82, 2.24) is 0 Å². The number of para-hydroxylation sites is 2. The lowest BCUT2D eigenvalue weighted by Crippen LogP contribution is -3.28. The monoisotopic (exact) mass is 347 g/mol. The van der Waals surface area contributed by atoms with E-state index < -0.39 is 0 Å². The Labute approximate surface area is 146 Å². The molecule has 2 heterocycles. The second-order valence-electron chi connectivity index (χ2n) is 6.18. The second kappa shape index (κ2) is 8.28. The maximum atomic E-state index is 12.3. The first kappa shape index (κ1) is 17.0. The molecule has 1 aromatic carbocycles. The molecule has 0 aliphatic carbocycles. The quantitative estimate of drug-likeness (QED) is 0.671. The fraction of sp³-hybridized carbons (Fsp3) is 0.389. The number of rotatable bonds is 6. The van der Waals surface area contributed by atoms with Crippen LogP contribution in [0.5, 0.6) is 5.75 Å². The minimum atomic E-state index is 0.0520. The molecule has 0 radical (unpaired) electrons. The summed E-state index contributed by atoms with van der Waals surface area (Å²) in [5.41, 5.74) is 0.742. The average Bonchev–Trinajstić information content (AvgIpc) is 3.10. The van der Waals surface area contributed by atoms with E-state index in [9.17, 15) is 4.79 Å². The molecule has 1 aliphatic rings. The van der Waals surface area contributed by atoms with E-state index in [1.54, 1.807) is 12.0 Å². The molecule has 1 amide bonds. The van der Waals surface area contributed by atoms with Crippen molar-refractivity contribution < 1.29 is 19.3 Å². The summed E-state index contributed by atoms with van der Waals surface area (Å²) in [5.74, 6) is 0.752. The number of hydrogen-bond acceptors (Lipinski definition) is 3. The molecule has 0 bridgehead atoms. The van der Waals surface area contributed by atoms with Gasteiger partial charge in [0, 0.05) is 0 Å². The van der Waals surface area contributed by atoms with Crippen LogP contribution in [-0.2, 0) is 11.3 Å². The van der Waals surface area contributed by atoms with Gasteiger partial charge in [-0.25, -0.2) is 0 Å². The predicted molar refractivity (Wildman–Crippen MR) is 95.9 cm³/mol. The van der Waals surface area contributed by atoms with Crippen LogP contribution in [0.4, 0.5) is 5.69 Å². The van der Waals surface area contributed by atoms with Gasteiger partial charge in [-0.3, -0.25) is 4.79 Å². The highest BCUT2D eigenvalue weighted by Gasteiger charge is 2.25. The molecule has 1 aromatic heterocycles. The Morgan fingerprint density at radius 3 is 2.58 bits per heavy atom. The number of benzene rings is 1. The van der Waals surface area contributed by atoms with Crippen molar-refractivity contribution in [2.45, 2.75) is 6.54 Å². The van der Waals surface area contributed by atoms with Crippen LogP contribution in [0.25, 0.3) is 0 Å². The Kier molecular flexibility index (Phi) is 5.85. The number of thiophene rings is 1. The molecular weight excluding hydrogens is 322 g/mol. The van der Waals surface area contributed by atoms with Gasteiger partial charge in [-0.15, -0.1) is 11.3 Å². The minimum Gasteiger partial charge on any atom is -0.495 e. The number of carbonyl (C=O) groups is 1. The summed E-state index contributed by atoms with van der Waals surface area (Å²) in [7, 11) is 1.62. The molecule has 5 nitrogen and oxygen atoms in total. The summed E-state index contributed by atoms with van der Waals surface area (Å²) in [5, 5.41) is 5.10. The van der Waals surface area contributed by atoms with Gasteiger partial charge in [0.2, 0.25) is 0 Å². The SMILES string of the molecule is COc1ccccc1NC(=O)C[NH+]1CC[NH+](Cc2cccs2)CC1.